The van der Waals surface area contributed by atoms with Gasteiger partial charge in [-0.25, -0.2) is 8.78 Å². The van der Waals surface area contributed by atoms with E-state index in [-0.39, 0.29) is 30.9 Å². The number of piperazine rings is 1. The molecule has 116 valence electrons. The first-order valence-corrected chi connectivity index (χ1v) is 6.62. The van der Waals surface area contributed by atoms with Crippen molar-refractivity contribution in [2.75, 3.05) is 26.2 Å². The topological polar surface area (TPSA) is 15.3 Å². The van der Waals surface area contributed by atoms with Crippen LogP contribution in [0.5, 0.6) is 0 Å². The third kappa shape index (κ3) is 4.85. The maximum Gasteiger partial charge on any atom is 0.159 e. The van der Waals surface area contributed by atoms with E-state index in [2.05, 4.69) is 17.1 Å². The fraction of sp³-hybridized carbons (Fsp3) is 0.571. The molecule has 0 aromatic heterocycles. The van der Waals surface area contributed by atoms with Gasteiger partial charge in [0.25, 0.3) is 0 Å². The van der Waals surface area contributed by atoms with E-state index in [1.165, 1.54) is 12.1 Å². The highest BCUT2D eigenvalue weighted by Crippen LogP contribution is 2.27. The molecule has 0 saturated carbocycles. The SMILES string of the molecule is CCC[C@H](c1ccc(F)c(F)c1)N1CCNCC1.Cl.Cl. The van der Waals surface area contributed by atoms with Gasteiger partial charge in [0.05, 0.1) is 0 Å². The summed E-state index contributed by atoms with van der Waals surface area (Å²) in [5, 5.41) is 3.31. The van der Waals surface area contributed by atoms with Gasteiger partial charge < -0.3 is 5.32 Å². The predicted octanol–water partition coefficient (Wildman–Crippen LogP) is 3.55. The van der Waals surface area contributed by atoms with Gasteiger partial charge in [-0.1, -0.05) is 19.4 Å². The van der Waals surface area contributed by atoms with Gasteiger partial charge in [0.15, 0.2) is 11.6 Å². The molecule has 1 aromatic carbocycles. The van der Waals surface area contributed by atoms with Crippen LogP contribution in [0.3, 0.4) is 0 Å². The zero-order valence-electron chi connectivity index (χ0n) is 11.6. The molecule has 1 fully saturated rings. The second-order valence-corrected chi connectivity index (χ2v) is 4.76. The zero-order valence-corrected chi connectivity index (χ0v) is 13.2. The molecule has 1 aliphatic heterocycles. The van der Waals surface area contributed by atoms with E-state index < -0.39 is 11.6 Å². The highest BCUT2D eigenvalue weighted by molar-refractivity contribution is 5.85. The Hall–Kier alpha value is -0.420. The molecule has 0 amide bonds. The lowest BCUT2D eigenvalue weighted by Crippen LogP contribution is -2.45. The average molecular weight is 327 g/mol. The van der Waals surface area contributed by atoms with Crippen LogP contribution < -0.4 is 5.32 Å². The molecule has 0 radical (unpaired) electrons. The van der Waals surface area contributed by atoms with Crippen LogP contribution in [-0.4, -0.2) is 31.1 Å². The molecule has 2 rings (SSSR count). The largest absolute Gasteiger partial charge is 0.314 e. The van der Waals surface area contributed by atoms with Crippen molar-refractivity contribution in [2.24, 2.45) is 0 Å². The smallest absolute Gasteiger partial charge is 0.159 e. The molecule has 1 atom stereocenters. The van der Waals surface area contributed by atoms with Gasteiger partial charge in [-0.2, -0.15) is 0 Å². The van der Waals surface area contributed by atoms with Crippen molar-refractivity contribution in [3.05, 3.63) is 35.4 Å². The number of rotatable bonds is 4. The first-order valence-electron chi connectivity index (χ1n) is 6.62. The molecule has 1 aliphatic rings. The predicted molar refractivity (Wildman–Crippen MR) is 82.9 cm³/mol. The van der Waals surface area contributed by atoms with Crippen LogP contribution in [-0.2, 0) is 0 Å². The molecule has 1 heterocycles. The Morgan fingerprint density at radius 2 is 1.80 bits per heavy atom. The van der Waals surface area contributed by atoms with E-state index >= 15 is 0 Å². The van der Waals surface area contributed by atoms with Crippen molar-refractivity contribution < 1.29 is 8.78 Å². The molecular weight excluding hydrogens is 305 g/mol. The number of nitrogens with zero attached hydrogens (tertiary/aromatic N) is 1. The summed E-state index contributed by atoms with van der Waals surface area (Å²) in [6.07, 6.45) is 2.01. The van der Waals surface area contributed by atoms with Crippen LogP contribution in [0.1, 0.15) is 31.4 Å². The Morgan fingerprint density at radius 1 is 1.15 bits per heavy atom. The van der Waals surface area contributed by atoms with Crippen LogP contribution >= 0.6 is 24.8 Å². The Morgan fingerprint density at radius 3 is 2.35 bits per heavy atom. The third-order valence-electron chi connectivity index (χ3n) is 3.48. The van der Waals surface area contributed by atoms with Crippen molar-refractivity contribution in [2.45, 2.75) is 25.8 Å². The van der Waals surface area contributed by atoms with Crippen molar-refractivity contribution in [1.29, 1.82) is 0 Å². The average Bonchev–Trinajstić information content (AvgIpc) is 2.40. The van der Waals surface area contributed by atoms with Gasteiger partial charge in [0, 0.05) is 32.2 Å². The van der Waals surface area contributed by atoms with Crippen LogP contribution in [0.25, 0.3) is 0 Å². The zero-order chi connectivity index (χ0) is 13.0. The minimum absolute atomic E-state index is 0. The minimum atomic E-state index is -0.769. The van der Waals surface area contributed by atoms with E-state index in [0.717, 1.165) is 44.6 Å². The summed E-state index contributed by atoms with van der Waals surface area (Å²) < 4.78 is 26.3. The lowest BCUT2D eigenvalue weighted by Gasteiger charge is -2.35. The van der Waals surface area contributed by atoms with Gasteiger partial charge in [-0.05, 0) is 24.1 Å². The fourth-order valence-corrected chi connectivity index (χ4v) is 2.55. The van der Waals surface area contributed by atoms with Crippen LogP contribution in [0, 0.1) is 11.6 Å². The second-order valence-electron chi connectivity index (χ2n) is 4.76. The first-order chi connectivity index (χ1) is 8.72. The van der Waals surface area contributed by atoms with E-state index in [4.69, 9.17) is 0 Å². The van der Waals surface area contributed by atoms with Crippen molar-refractivity contribution in [1.82, 2.24) is 10.2 Å². The summed E-state index contributed by atoms with van der Waals surface area (Å²) in [5.41, 5.74) is 0.887. The molecule has 20 heavy (non-hydrogen) atoms. The standard InChI is InChI=1S/C14H20F2N2.2ClH/c1-2-3-14(18-8-6-17-7-9-18)11-4-5-12(15)13(16)10-11;;/h4-5,10,14,17H,2-3,6-9H2,1H3;2*1H/t14-;;/m1../s1. The normalized spacial score (nSPS) is 16.9. The highest BCUT2D eigenvalue weighted by Gasteiger charge is 2.22. The van der Waals surface area contributed by atoms with E-state index in [1.807, 2.05) is 0 Å². The first kappa shape index (κ1) is 19.6. The molecule has 6 heteroatoms. The molecular formula is C14H22Cl2F2N2. The lowest BCUT2D eigenvalue weighted by molar-refractivity contribution is 0.164. The summed E-state index contributed by atoms with van der Waals surface area (Å²) >= 11 is 0. The second kappa shape index (κ2) is 9.50. The van der Waals surface area contributed by atoms with Gasteiger partial charge in [0.2, 0.25) is 0 Å². The Kier molecular flexibility index (Phi) is 9.30. The van der Waals surface area contributed by atoms with E-state index in [0.29, 0.717) is 0 Å². The number of halogens is 4. The number of nitrogens with one attached hydrogen (secondary N) is 1. The Bertz CT molecular complexity index is 399. The Labute approximate surface area is 131 Å². The molecule has 0 spiro atoms. The molecule has 1 N–H and O–H groups in total. The number of hydrogen-bond donors (Lipinski definition) is 1. The van der Waals surface area contributed by atoms with Crippen molar-refractivity contribution in [3.63, 3.8) is 0 Å². The minimum Gasteiger partial charge on any atom is -0.314 e. The van der Waals surface area contributed by atoms with Crippen LogP contribution in [0.2, 0.25) is 0 Å². The van der Waals surface area contributed by atoms with Crippen LogP contribution in [0.15, 0.2) is 18.2 Å². The van der Waals surface area contributed by atoms with Crippen LogP contribution in [0.4, 0.5) is 8.78 Å². The monoisotopic (exact) mass is 326 g/mol. The maximum atomic E-state index is 13.3. The molecule has 0 bridgehead atoms. The maximum absolute atomic E-state index is 13.3. The van der Waals surface area contributed by atoms with Gasteiger partial charge in [-0.15, -0.1) is 24.8 Å². The van der Waals surface area contributed by atoms with Gasteiger partial charge in [-0.3, -0.25) is 4.90 Å². The number of hydrogen-bond acceptors (Lipinski definition) is 2. The van der Waals surface area contributed by atoms with Crippen molar-refractivity contribution >= 4 is 24.8 Å². The summed E-state index contributed by atoms with van der Waals surface area (Å²) in [7, 11) is 0. The highest BCUT2D eigenvalue weighted by atomic mass is 35.5. The summed E-state index contributed by atoms with van der Waals surface area (Å²) in [6.45, 7) is 5.97. The molecule has 0 aliphatic carbocycles. The molecule has 1 saturated heterocycles. The molecule has 1 aromatic rings. The summed E-state index contributed by atoms with van der Waals surface area (Å²) in [4.78, 5) is 2.35. The Balaban J connectivity index is 0.00000180. The lowest BCUT2D eigenvalue weighted by atomic mass is 9.99. The molecule has 0 unspecified atom stereocenters. The fourth-order valence-electron chi connectivity index (χ4n) is 2.55. The summed E-state index contributed by atoms with van der Waals surface area (Å²) in [5.74, 6) is -1.52. The van der Waals surface area contributed by atoms with E-state index in [1.54, 1.807) is 6.07 Å². The third-order valence-corrected chi connectivity index (χ3v) is 3.48. The molecule has 2 nitrogen and oxygen atoms in total. The van der Waals surface area contributed by atoms with E-state index in [9.17, 15) is 8.78 Å². The quantitative estimate of drug-likeness (QED) is 0.910. The number of benzene rings is 1. The van der Waals surface area contributed by atoms with Crippen molar-refractivity contribution in [3.8, 4) is 0 Å². The van der Waals surface area contributed by atoms with Gasteiger partial charge >= 0.3 is 0 Å². The summed E-state index contributed by atoms with van der Waals surface area (Å²) in [6, 6.07) is 4.49. The van der Waals surface area contributed by atoms with Gasteiger partial charge in [0.1, 0.15) is 0 Å².